The fraction of sp³-hybridized carbons (Fsp3) is 0.318. The third-order valence-corrected chi connectivity index (χ3v) is 4.98. The Hall–Kier alpha value is -2.35. The number of nitrogens with one attached hydrogen (secondary N) is 1. The van der Waals surface area contributed by atoms with Crippen LogP contribution in [0, 0.1) is 0 Å². The maximum absolute atomic E-state index is 4.96. The van der Waals surface area contributed by atoms with Crippen LogP contribution in [0.15, 0.2) is 54.6 Å². The summed E-state index contributed by atoms with van der Waals surface area (Å²) in [6.45, 7) is 0.963. The molecule has 24 heavy (non-hydrogen) atoms. The highest BCUT2D eigenvalue weighted by Crippen LogP contribution is 2.32. The predicted octanol–water partition coefficient (Wildman–Crippen LogP) is 5.16. The third-order valence-electron chi connectivity index (χ3n) is 4.98. The lowest BCUT2D eigenvalue weighted by Gasteiger charge is -2.17. The summed E-state index contributed by atoms with van der Waals surface area (Å²) in [5.74, 6) is 0. The minimum Gasteiger partial charge on any atom is -0.384 e. The molecule has 1 aromatic heterocycles. The molecule has 3 aromatic rings. The number of nitrogens with zero attached hydrogens (tertiary/aromatic N) is 1. The molecule has 0 saturated heterocycles. The smallest absolute Gasteiger partial charge is 0.0726 e. The van der Waals surface area contributed by atoms with E-state index in [1.807, 2.05) is 0 Å². The Labute approximate surface area is 143 Å². The van der Waals surface area contributed by atoms with Crippen LogP contribution in [0.5, 0.6) is 0 Å². The van der Waals surface area contributed by atoms with Crippen molar-refractivity contribution in [3.8, 4) is 0 Å². The van der Waals surface area contributed by atoms with Crippen molar-refractivity contribution in [2.75, 3.05) is 11.9 Å². The van der Waals surface area contributed by atoms with Crippen molar-refractivity contribution in [2.45, 2.75) is 38.5 Å². The fourth-order valence-electron chi connectivity index (χ4n) is 3.73. The third kappa shape index (κ3) is 3.14. The second-order valence-electron chi connectivity index (χ2n) is 6.65. The van der Waals surface area contributed by atoms with Gasteiger partial charge in [0.25, 0.3) is 0 Å². The summed E-state index contributed by atoms with van der Waals surface area (Å²) in [5, 5.41) is 5.02. The summed E-state index contributed by atoms with van der Waals surface area (Å²) >= 11 is 0. The highest BCUT2D eigenvalue weighted by Gasteiger charge is 2.16. The first kappa shape index (κ1) is 15.2. The Bertz CT molecular complexity index is 824. The number of fused-ring (bicyclic) bond motifs is 2. The SMILES string of the molecule is c1ccc(CCNc2c3c(nc4ccccc24)CCCCC3)cc1. The van der Waals surface area contributed by atoms with Crippen molar-refractivity contribution < 1.29 is 0 Å². The molecule has 122 valence electrons. The molecule has 1 N–H and O–H groups in total. The van der Waals surface area contributed by atoms with Crippen LogP contribution in [0.1, 0.15) is 36.1 Å². The second-order valence-corrected chi connectivity index (χ2v) is 6.65. The van der Waals surface area contributed by atoms with E-state index in [0.29, 0.717) is 0 Å². The predicted molar refractivity (Wildman–Crippen MR) is 102 cm³/mol. The van der Waals surface area contributed by atoms with Crippen molar-refractivity contribution in [3.05, 3.63) is 71.4 Å². The van der Waals surface area contributed by atoms with Gasteiger partial charge in [0, 0.05) is 23.3 Å². The number of aromatic nitrogens is 1. The van der Waals surface area contributed by atoms with Gasteiger partial charge in [0.1, 0.15) is 0 Å². The van der Waals surface area contributed by atoms with Gasteiger partial charge in [-0.05, 0) is 49.3 Å². The zero-order valence-corrected chi connectivity index (χ0v) is 14.1. The molecule has 2 aromatic carbocycles. The molecule has 0 radical (unpaired) electrons. The van der Waals surface area contributed by atoms with E-state index in [1.54, 1.807) is 0 Å². The molecule has 0 atom stereocenters. The molecule has 4 rings (SSSR count). The highest BCUT2D eigenvalue weighted by molar-refractivity contribution is 5.93. The van der Waals surface area contributed by atoms with Gasteiger partial charge in [0.2, 0.25) is 0 Å². The van der Waals surface area contributed by atoms with E-state index in [-0.39, 0.29) is 0 Å². The van der Waals surface area contributed by atoms with E-state index in [1.165, 1.54) is 47.2 Å². The average molecular weight is 316 g/mol. The molecule has 1 aliphatic rings. The van der Waals surface area contributed by atoms with Gasteiger partial charge in [-0.25, -0.2) is 0 Å². The maximum Gasteiger partial charge on any atom is 0.0726 e. The molecule has 0 aliphatic heterocycles. The van der Waals surface area contributed by atoms with Gasteiger partial charge in [-0.1, -0.05) is 55.0 Å². The van der Waals surface area contributed by atoms with E-state index in [4.69, 9.17) is 4.98 Å². The Morgan fingerprint density at radius 2 is 1.62 bits per heavy atom. The van der Waals surface area contributed by atoms with E-state index < -0.39 is 0 Å². The lowest BCUT2D eigenvalue weighted by atomic mass is 10.0. The van der Waals surface area contributed by atoms with Crippen molar-refractivity contribution in [2.24, 2.45) is 0 Å². The maximum atomic E-state index is 4.96. The van der Waals surface area contributed by atoms with Crippen molar-refractivity contribution in [3.63, 3.8) is 0 Å². The minimum absolute atomic E-state index is 0.963. The van der Waals surface area contributed by atoms with Crippen LogP contribution in [-0.4, -0.2) is 11.5 Å². The van der Waals surface area contributed by atoms with Gasteiger partial charge in [0.05, 0.1) is 5.52 Å². The van der Waals surface area contributed by atoms with Crippen molar-refractivity contribution in [1.82, 2.24) is 4.98 Å². The topological polar surface area (TPSA) is 24.9 Å². The lowest BCUT2D eigenvalue weighted by molar-refractivity contribution is 0.709. The molecule has 0 unspecified atom stereocenters. The monoisotopic (exact) mass is 316 g/mol. The number of hydrogen-bond acceptors (Lipinski definition) is 2. The van der Waals surface area contributed by atoms with Crippen LogP contribution >= 0.6 is 0 Å². The summed E-state index contributed by atoms with van der Waals surface area (Å²) in [6.07, 6.45) is 7.18. The standard InChI is InChI=1S/C22H24N2/c1-3-9-17(10-4-1)15-16-23-22-18-11-5-2-6-13-20(18)24-21-14-8-7-12-19(21)22/h1,3-4,7-10,12,14H,2,5-6,11,13,15-16H2,(H,23,24). The van der Waals surface area contributed by atoms with E-state index in [0.717, 1.165) is 31.3 Å². The van der Waals surface area contributed by atoms with Gasteiger partial charge >= 0.3 is 0 Å². The highest BCUT2D eigenvalue weighted by atomic mass is 14.9. The fourth-order valence-corrected chi connectivity index (χ4v) is 3.73. The van der Waals surface area contributed by atoms with E-state index in [9.17, 15) is 0 Å². The number of anilines is 1. The van der Waals surface area contributed by atoms with E-state index >= 15 is 0 Å². The Morgan fingerprint density at radius 1 is 0.833 bits per heavy atom. The number of para-hydroxylation sites is 1. The molecule has 1 heterocycles. The molecule has 0 saturated carbocycles. The number of aryl methyl sites for hydroxylation is 1. The minimum atomic E-state index is 0.963. The quantitative estimate of drug-likeness (QED) is 0.673. The molecule has 0 fully saturated rings. The van der Waals surface area contributed by atoms with E-state index in [2.05, 4.69) is 59.9 Å². The van der Waals surface area contributed by atoms with Gasteiger partial charge in [-0.3, -0.25) is 4.98 Å². The summed E-state index contributed by atoms with van der Waals surface area (Å²) in [6, 6.07) is 19.3. The molecule has 0 spiro atoms. The zero-order valence-electron chi connectivity index (χ0n) is 14.1. The Balaban J connectivity index is 1.66. The van der Waals surface area contributed by atoms with Gasteiger partial charge in [-0.2, -0.15) is 0 Å². The Kier molecular flexibility index (Phi) is 4.46. The second kappa shape index (κ2) is 7.04. The first-order chi connectivity index (χ1) is 11.9. The van der Waals surface area contributed by atoms with Crippen molar-refractivity contribution in [1.29, 1.82) is 0 Å². The normalized spacial score (nSPS) is 14.2. The summed E-state index contributed by atoms with van der Waals surface area (Å²) in [7, 11) is 0. The van der Waals surface area contributed by atoms with Crippen LogP contribution in [-0.2, 0) is 19.3 Å². The van der Waals surface area contributed by atoms with Gasteiger partial charge < -0.3 is 5.32 Å². The number of rotatable bonds is 4. The molecule has 1 aliphatic carbocycles. The first-order valence-corrected chi connectivity index (χ1v) is 9.10. The van der Waals surface area contributed by atoms with Crippen LogP contribution in [0.4, 0.5) is 5.69 Å². The average Bonchev–Trinajstić information content (AvgIpc) is 2.87. The van der Waals surface area contributed by atoms with Crippen LogP contribution in [0.2, 0.25) is 0 Å². The van der Waals surface area contributed by atoms with Gasteiger partial charge in [0.15, 0.2) is 0 Å². The molecule has 0 amide bonds. The van der Waals surface area contributed by atoms with Gasteiger partial charge in [-0.15, -0.1) is 0 Å². The van der Waals surface area contributed by atoms with Crippen LogP contribution in [0.3, 0.4) is 0 Å². The number of pyridine rings is 1. The summed E-state index contributed by atoms with van der Waals surface area (Å²) in [5.41, 5.74) is 6.61. The molecule has 2 heteroatoms. The molecule has 2 nitrogen and oxygen atoms in total. The molecular weight excluding hydrogens is 292 g/mol. The first-order valence-electron chi connectivity index (χ1n) is 9.10. The zero-order chi connectivity index (χ0) is 16.2. The molecule has 0 bridgehead atoms. The summed E-state index contributed by atoms with van der Waals surface area (Å²) < 4.78 is 0. The number of benzene rings is 2. The largest absolute Gasteiger partial charge is 0.384 e. The van der Waals surface area contributed by atoms with Crippen LogP contribution < -0.4 is 5.32 Å². The molecular formula is C22H24N2. The Morgan fingerprint density at radius 3 is 2.54 bits per heavy atom. The summed E-state index contributed by atoms with van der Waals surface area (Å²) in [4.78, 5) is 4.96. The van der Waals surface area contributed by atoms with Crippen molar-refractivity contribution >= 4 is 16.6 Å². The van der Waals surface area contributed by atoms with Crippen LogP contribution in [0.25, 0.3) is 10.9 Å². The number of hydrogen-bond donors (Lipinski definition) is 1. The lowest BCUT2D eigenvalue weighted by Crippen LogP contribution is -2.10.